The first-order valence-electron chi connectivity index (χ1n) is 7.80. The number of halogens is 2. The van der Waals surface area contributed by atoms with Crippen LogP contribution in [-0.2, 0) is 9.59 Å². The molecular weight excluding hydrogens is 355 g/mol. The smallest absolute Gasteiger partial charge is 0.245 e. The number of hydrogen-bond donors (Lipinski definition) is 2. The van der Waals surface area contributed by atoms with Crippen LogP contribution in [0.1, 0.15) is 24.3 Å². The van der Waals surface area contributed by atoms with E-state index in [1.807, 2.05) is 0 Å². The number of fused-ring (bicyclic) bond motifs is 1. The van der Waals surface area contributed by atoms with Crippen molar-refractivity contribution < 1.29 is 19.8 Å². The minimum absolute atomic E-state index is 0.00370. The van der Waals surface area contributed by atoms with Crippen LogP contribution in [0.3, 0.4) is 0 Å². The first kappa shape index (κ1) is 17.3. The van der Waals surface area contributed by atoms with Crippen LogP contribution in [0.15, 0.2) is 12.1 Å². The standard InChI is InChI=1S/C16H18Cl2N2O4/c17-10-1-2-12(22)14(15(10)18)9-3-4-20-11(7-9)16(24)19(5-6-21)8-13(20)23/h1-2,9,11,21-22H,3-8H2/t9-,11-/m1/s1. The molecule has 2 fully saturated rings. The van der Waals surface area contributed by atoms with Crippen LogP contribution in [0.5, 0.6) is 5.75 Å². The van der Waals surface area contributed by atoms with Gasteiger partial charge in [-0.25, -0.2) is 0 Å². The molecule has 2 heterocycles. The van der Waals surface area contributed by atoms with Gasteiger partial charge in [0, 0.05) is 18.7 Å². The van der Waals surface area contributed by atoms with Crippen molar-refractivity contribution in [3.63, 3.8) is 0 Å². The maximum Gasteiger partial charge on any atom is 0.245 e. The van der Waals surface area contributed by atoms with Crippen LogP contribution < -0.4 is 0 Å². The molecule has 130 valence electrons. The number of rotatable bonds is 3. The molecule has 24 heavy (non-hydrogen) atoms. The fraction of sp³-hybridized carbons (Fsp3) is 0.500. The number of piperidine rings is 1. The second kappa shape index (κ2) is 6.78. The zero-order chi connectivity index (χ0) is 17.4. The van der Waals surface area contributed by atoms with E-state index in [9.17, 15) is 14.7 Å². The summed E-state index contributed by atoms with van der Waals surface area (Å²) in [5.41, 5.74) is 0.531. The third-order valence-electron chi connectivity index (χ3n) is 4.73. The summed E-state index contributed by atoms with van der Waals surface area (Å²) in [6.07, 6.45) is 0.975. The second-order valence-corrected chi connectivity index (χ2v) is 6.89. The molecule has 2 aliphatic rings. The lowest BCUT2D eigenvalue weighted by molar-refractivity contribution is -0.158. The molecule has 2 aliphatic heterocycles. The van der Waals surface area contributed by atoms with Crippen molar-refractivity contribution in [2.45, 2.75) is 24.8 Å². The number of phenolic OH excluding ortho intramolecular Hbond substituents is 1. The van der Waals surface area contributed by atoms with Gasteiger partial charge < -0.3 is 20.0 Å². The Hall–Kier alpha value is -1.50. The summed E-state index contributed by atoms with van der Waals surface area (Å²) in [5.74, 6) is -0.410. The predicted octanol–water partition coefficient (Wildman–Crippen LogP) is 1.61. The Morgan fingerprint density at radius 2 is 2.00 bits per heavy atom. The van der Waals surface area contributed by atoms with Crippen molar-refractivity contribution in [2.24, 2.45) is 0 Å². The molecule has 0 unspecified atom stereocenters. The Kier molecular flexibility index (Phi) is 4.90. The van der Waals surface area contributed by atoms with Gasteiger partial charge in [0.05, 0.1) is 23.2 Å². The molecule has 0 aliphatic carbocycles. The van der Waals surface area contributed by atoms with Crippen LogP contribution in [0, 0.1) is 0 Å². The van der Waals surface area contributed by atoms with Gasteiger partial charge in [-0.2, -0.15) is 0 Å². The summed E-state index contributed by atoms with van der Waals surface area (Å²) in [5, 5.41) is 19.9. The Morgan fingerprint density at radius 1 is 1.25 bits per heavy atom. The zero-order valence-corrected chi connectivity index (χ0v) is 14.4. The van der Waals surface area contributed by atoms with Crippen LogP contribution in [0.25, 0.3) is 0 Å². The van der Waals surface area contributed by atoms with Gasteiger partial charge in [0.1, 0.15) is 11.8 Å². The van der Waals surface area contributed by atoms with Crippen molar-refractivity contribution in [3.8, 4) is 5.75 Å². The van der Waals surface area contributed by atoms with E-state index in [-0.39, 0.29) is 48.2 Å². The largest absolute Gasteiger partial charge is 0.508 e. The predicted molar refractivity (Wildman–Crippen MR) is 89.3 cm³/mol. The summed E-state index contributed by atoms with van der Waals surface area (Å²) >= 11 is 12.3. The number of hydrogen-bond acceptors (Lipinski definition) is 4. The molecule has 2 amide bonds. The Morgan fingerprint density at radius 3 is 2.71 bits per heavy atom. The van der Waals surface area contributed by atoms with Gasteiger partial charge in [0.15, 0.2) is 0 Å². The topological polar surface area (TPSA) is 81.1 Å². The van der Waals surface area contributed by atoms with Crippen molar-refractivity contribution in [3.05, 3.63) is 27.7 Å². The maximum atomic E-state index is 12.6. The number of benzene rings is 1. The fourth-order valence-corrected chi connectivity index (χ4v) is 4.04. The highest BCUT2D eigenvalue weighted by Gasteiger charge is 2.43. The van der Waals surface area contributed by atoms with Crippen molar-refractivity contribution in [2.75, 3.05) is 26.2 Å². The van der Waals surface area contributed by atoms with E-state index in [4.69, 9.17) is 28.3 Å². The van der Waals surface area contributed by atoms with Crippen molar-refractivity contribution >= 4 is 35.0 Å². The monoisotopic (exact) mass is 372 g/mol. The number of nitrogens with zero attached hydrogens (tertiary/aromatic N) is 2. The first-order chi connectivity index (χ1) is 11.4. The second-order valence-electron chi connectivity index (χ2n) is 6.10. The molecule has 8 heteroatoms. The highest BCUT2D eigenvalue weighted by atomic mass is 35.5. The highest BCUT2D eigenvalue weighted by molar-refractivity contribution is 6.42. The molecule has 1 aromatic rings. The molecule has 0 bridgehead atoms. The average molecular weight is 373 g/mol. The van der Waals surface area contributed by atoms with Crippen LogP contribution >= 0.6 is 23.2 Å². The fourth-order valence-electron chi connectivity index (χ4n) is 3.56. The highest BCUT2D eigenvalue weighted by Crippen LogP contribution is 2.43. The van der Waals surface area contributed by atoms with Gasteiger partial charge in [-0.15, -0.1) is 0 Å². The van der Waals surface area contributed by atoms with Gasteiger partial charge in [-0.3, -0.25) is 9.59 Å². The normalized spacial score (nSPS) is 24.3. The third kappa shape index (κ3) is 2.94. The van der Waals surface area contributed by atoms with E-state index in [1.54, 1.807) is 4.90 Å². The Labute approximate surface area is 149 Å². The summed E-state index contributed by atoms with van der Waals surface area (Å²) < 4.78 is 0. The molecule has 0 radical (unpaired) electrons. The molecule has 0 aromatic heterocycles. The molecule has 3 rings (SSSR count). The maximum absolute atomic E-state index is 12.6. The molecule has 6 nitrogen and oxygen atoms in total. The molecule has 0 saturated carbocycles. The van der Waals surface area contributed by atoms with E-state index >= 15 is 0 Å². The molecule has 0 spiro atoms. The molecular formula is C16H18Cl2N2O4. The van der Waals surface area contributed by atoms with Crippen LogP contribution in [0.2, 0.25) is 10.0 Å². The quantitative estimate of drug-likeness (QED) is 0.844. The van der Waals surface area contributed by atoms with E-state index in [1.165, 1.54) is 17.0 Å². The molecule has 2 N–H and O–H groups in total. The van der Waals surface area contributed by atoms with Crippen LogP contribution in [-0.4, -0.2) is 64.1 Å². The Balaban J connectivity index is 1.88. The number of aliphatic hydroxyl groups excluding tert-OH is 1. The number of β-amino-alcohol motifs (C(OH)–C–C–N with tert-alkyl or cyclic N) is 1. The van der Waals surface area contributed by atoms with Gasteiger partial charge >= 0.3 is 0 Å². The number of amides is 2. The average Bonchev–Trinajstić information content (AvgIpc) is 2.56. The van der Waals surface area contributed by atoms with Gasteiger partial charge in [-0.1, -0.05) is 23.2 Å². The third-order valence-corrected chi connectivity index (χ3v) is 5.55. The SMILES string of the molecule is O=C1[C@H]2C[C@H](c3c(O)ccc(Cl)c3Cl)CCN2C(=O)CN1CCO. The minimum atomic E-state index is -0.592. The number of carbonyl (C=O) groups excluding carboxylic acids is 2. The number of piperazine rings is 1. The van der Waals surface area contributed by atoms with E-state index in [2.05, 4.69) is 0 Å². The minimum Gasteiger partial charge on any atom is -0.508 e. The zero-order valence-electron chi connectivity index (χ0n) is 12.9. The molecule has 1 aromatic carbocycles. The summed E-state index contributed by atoms with van der Waals surface area (Å²) in [6.45, 7) is 0.387. The lowest BCUT2D eigenvalue weighted by Crippen LogP contribution is -2.62. The van der Waals surface area contributed by atoms with Gasteiger partial charge in [-0.05, 0) is 30.9 Å². The van der Waals surface area contributed by atoms with Crippen molar-refractivity contribution in [1.82, 2.24) is 9.80 Å². The molecule has 2 saturated heterocycles. The van der Waals surface area contributed by atoms with E-state index in [0.29, 0.717) is 30.0 Å². The number of carbonyl (C=O) groups is 2. The Bertz CT molecular complexity index is 682. The number of phenols is 1. The van der Waals surface area contributed by atoms with Gasteiger partial charge in [0.25, 0.3) is 0 Å². The lowest BCUT2D eigenvalue weighted by Gasteiger charge is -2.45. The summed E-state index contributed by atoms with van der Waals surface area (Å²) in [4.78, 5) is 27.8. The van der Waals surface area contributed by atoms with E-state index in [0.717, 1.165) is 0 Å². The lowest BCUT2D eigenvalue weighted by atomic mass is 9.83. The van der Waals surface area contributed by atoms with Crippen LogP contribution in [0.4, 0.5) is 0 Å². The van der Waals surface area contributed by atoms with Gasteiger partial charge in [0.2, 0.25) is 11.8 Å². The number of aromatic hydroxyl groups is 1. The molecule has 2 atom stereocenters. The van der Waals surface area contributed by atoms with E-state index < -0.39 is 6.04 Å². The first-order valence-corrected chi connectivity index (χ1v) is 8.55. The summed E-state index contributed by atoms with van der Waals surface area (Å²) in [7, 11) is 0. The number of aliphatic hydroxyl groups is 1. The summed E-state index contributed by atoms with van der Waals surface area (Å²) in [6, 6.07) is 2.42. The van der Waals surface area contributed by atoms with Crippen molar-refractivity contribution in [1.29, 1.82) is 0 Å².